The number of ether oxygens (including phenoxy) is 3. The fourth-order valence-electron chi connectivity index (χ4n) is 6.24. The molecule has 2 aliphatic rings. The zero-order valence-corrected chi connectivity index (χ0v) is 28.0. The number of methoxy groups -OCH3 is 3. The first-order valence-electron chi connectivity index (χ1n) is 14.8. The second-order valence-corrected chi connectivity index (χ2v) is 14.3. The molecular formula is C32H38ClF3N4O5S. The van der Waals surface area contributed by atoms with Crippen molar-refractivity contribution in [2.24, 2.45) is 0 Å². The molecule has 3 aromatic rings. The molecule has 1 unspecified atom stereocenters. The number of sulfonamides is 1. The zero-order valence-electron chi connectivity index (χ0n) is 26.4. The molecule has 0 spiro atoms. The van der Waals surface area contributed by atoms with Crippen molar-refractivity contribution in [1.29, 1.82) is 0 Å². The van der Waals surface area contributed by atoms with E-state index in [0.717, 1.165) is 44.5 Å². The summed E-state index contributed by atoms with van der Waals surface area (Å²) in [5.74, 6) is -3.47. The summed E-state index contributed by atoms with van der Waals surface area (Å²) < 4.78 is 91.5. The van der Waals surface area contributed by atoms with Gasteiger partial charge in [-0.15, -0.1) is 0 Å². The Kier molecular flexibility index (Phi) is 9.70. The van der Waals surface area contributed by atoms with Crippen molar-refractivity contribution in [3.63, 3.8) is 0 Å². The number of aromatic nitrogens is 1. The van der Waals surface area contributed by atoms with Gasteiger partial charge in [0, 0.05) is 56.5 Å². The molecule has 46 heavy (non-hydrogen) atoms. The Morgan fingerprint density at radius 3 is 2.33 bits per heavy atom. The maximum atomic E-state index is 16.1. The topological polar surface area (TPSA) is 84.4 Å². The highest BCUT2D eigenvalue weighted by Crippen LogP contribution is 2.42. The number of nitrogens with zero attached hydrogens (tertiary/aromatic N) is 4. The second kappa shape index (κ2) is 13.1. The van der Waals surface area contributed by atoms with Gasteiger partial charge in [0.15, 0.2) is 10.7 Å². The Balaban J connectivity index is 1.49. The van der Waals surface area contributed by atoms with Gasteiger partial charge in [-0.2, -0.15) is 4.39 Å². The molecule has 1 atom stereocenters. The first kappa shape index (κ1) is 34.1. The van der Waals surface area contributed by atoms with E-state index >= 15 is 8.78 Å². The van der Waals surface area contributed by atoms with Crippen LogP contribution in [0.3, 0.4) is 0 Å². The average Bonchev–Trinajstić information content (AvgIpc) is 3.44. The van der Waals surface area contributed by atoms with Crippen molar-refractivity contribution in [3.05, 3.63) is 70.6 Å². The number of anilines is 2. The SMILES string of the molecule is COc1ccc(CN(c2cccc(F)n2)S(=O)(=O)c2c(F)cc(N3CCC(C)(N4CCC(C)(OC)CC4)C3)c(Cl)c2F)c(OC)c1. The van der Waals surface area contributed by atoms with Crippen LogP contribution in [0.5, 0.6) is 11.5 Å². The highest BCUT2D eigenvalue weighted by molar-refractivity contribution is 7.92. The van der Waals surface area contributed by atoms with E-state index in [0.29, 0.717) is 28.7 Å². The molecule has 0 saturated carbocycles. The summed E-state index contributed by atoms with van der Waals surface area (Å²) in [4.78, 5) is 6.58. The Hall–Kier alpha value is -3.26. The first-order valence-corrected chi connectivity index (χ1v) is 16.7. The van der Waals surface area contributed by atoms with E-state index in [1.165, 1.54) is 38.5 Å². The fraction of sp³-hybridized carbons (Fsp3) is 0.469. The van der Waals surface area contributed by atoms with E-state index in [1.54, 1.807) is 18.1 Å². The van der Waals surface area contributed by atoms with Crippen LogP contribution in [0.15, 0.2) is 47.4 Å². The molecule has 5 rings (SSSR count). The van der Waals surface area contributed by atoms with Crippen LogP contribution in [0.4, 0.5) is 24.7 Å². The molecule has 2 saturated heterocycles. The quantitative estimate of drug-likeness (QED) is 0.189. The molecule has 1 aromatic heterocycles. The number of pyridine rings is 1. The highest BCUT2D eigenvalue weighted by Gasteiger charge is 2.44. The van der Waals surface area contributed by atoms with Crippen LogP contribution in [0.25, 0.3) is 0 Å². The summed E-state index contributed by atoms with van der Waals surface area (Å²) in [5.41, 5.74) is -0.102. The Morgan fingerprint density at radius 1 is 0.978 bits per heavy atom. The van der Waals surface area contributed by atoms with E-state index in [2.05, 4.69) is 23.7 Å². The third kappa shape index (κ3) is 6.47. The lowest BCUT2D eigenvalue weighted by Gasteiger charge is -2.46. The Bertz CT molecular complexity index is 1710. The van der Waals surface area contributed by atoms with E-state index < -0.39 is 49.9 Å². The van der Waals surface area contributed by atoms with Gasteiger partial charge >= 0.3 is 0 Å². The van der Waals surface area contributed by atoms with E-state index in [-0.39, 0.29) is 22.6 Å². The Labute approximate surface area is 272 Å². The van der Waals surface area contributed by atoms with Gasteiger partial charge in [0.05, 0.1) is 32.1 Å². The molecular weight excluding hydrogens is 645 g/mol. The van der Waals surface area contributed by atoms with Gasteiger partial charge in [-0.05, 0) is 57.4 Å². The van der Waals surface area contributed by atoms with Crippen molar-refractivity contribution >= 4 is 33.1 Å². The van der Waals surface area contributed by atoms with E-state index in [4.69, 9.17) is 25.8 Å². The molecule has 2 aromatic carbocycles. The largest absolute Gasteiger partial charge is 0.497 e. The molecule has 2 aliphatic heterocycles. The lowest BCUT2D eigenvalue weighted by atomic mass is 9.88. The molecule has 0 N–H and O–H groups in total. The van der Waals surface area contributed by atoms with Crippen molar-refractivity contribution in [3.8, 4) is 11.5 Å². The van der Waals surface area contributed by atoms with Gasteiger partial charge in [-0.3, -0.25) is 4.90 Å². The standard InChI is InChI=1S/C32H38ClF3N4O5S/c1-31(39-15-12-32(2,45-5)13-16-39)11-14-38(20-31)24-18-23(34)30(29(36)28(24)33)46(41,42)40(27-8-6-7-26(35)37-27)19-21-9-10-22(43-3)17-25(21)44-4/h6-10,17-18H,11-16,19-20H2,1-5H3. The van der Waals surface area contributed by atoms with Crippen molar-refractivity contribution in [2.75, 3.05) is 56.7 Å². The summed E-state index contributed by atoms with van der Waals surface area (Å²) in [6.45, 7) is 6.24. The summed E-state index contributed by atoms with van der Waals surface area (Å²) in [5, 5.41) is -0.524. The number of benzene rings is 2. The number of hydrogen-bond acceptors (Lipinski definition) is 8. The predicted molar refractivity (Wildman–Crippen MR) is 170 cm³/mol. The minimum absolute atomic E-state index is 0.0605. The number of likely N-dealkylation sites (tertiary alicyclic amines) is 1. The van der Waals surface area contributed by atoms with Crippen LogP contribution in [-0.4, -0.2) is 77.0 Å². The van der Waals surface area contributed by atoms with Crippen LogP contribution in [0.2, 0.25) is 5.02 Å². The van der Waals surface area contributed by atoms with Gasteiger partial charge < -0.3 is 19.1 Å². The molecule has 250 valence electrons. The molecule has 14 heteroatoms. The van der Waals surface area contributed by atoms with Crippen molar-refractivity contribution in [1.82, 2.24) is 9.88 Å². The van der Waals surface area contributed by atoms with Crippen LogP contribution in [0.1, 0.15) is 38.7 Å². The summed E-state index contributed by atoms with van der Waals surface area (Å²) in [7, 11) is -0.499. The molecule has 9 nitrogen and oxygen atoms in total. The van der Waals surface area contributed by atoms with Gasteiger partial charge in [0.2, 0.25) is 5.95 Å². The maximum Gasteiger partial charge on any atom is 0.271 e. The van der Waals surface area contributed by atoms with Gasteiger partial charge in [-0.25, -0.2) is 26.5 Å². The minimum atomic E-state index is -5.04. The molecule has 0 bridgehead atoms. The minimum Gasteiger partial charge on any atom is -0.497 e. The van der Waals surface area contributed by atoms with E-state index in [9.17, 15) is 12.8 Å². The maximum absolute atomic E-state index is 16.1. The predicted octanol–water partition coefficient (Wildman–Crippen LogP) is 6.03. The van der Waals surface area contributed by atoms with Crippen LogP contribution in [-0.2, 0) is 21.3 Å². The fourth-order valence-corrected chi connectivity index (χ4v) is 8.07. The normalized spacial score (nSPS) is 20.2. The number of rotatable bonds is 10. The number of halogens is 4. The van der Waals surface area contributed by atoms with Crippen LogP contribution >= 0.6 is 11.6 Å². The van der Waals surface area contributed by atoms with Crippen molar-refractivity contribution < 1.29 is 35.8 Å². The smallest absolute Gasteiger partial charge is 0.271 e. The molecule has 0 amide bonds. The zero-order chi connectivity index (χ0) is 33.4. The molecule has 3 heterocycles. The average molecular weight is 683 g/mol. The lowest BCUT2D eigenvalue weighted by Crippen LogP contribution is -2.54. The van der Waals surface area contributed by atoms with E-state index in [1.807, 2.05) is 0 Å². The number of piperidine rings is 1. The summed E-state index contributed by atoms with van der Waals surface area (Å²) >= 11 is 6.50. The Morgan fingerprint density at radius 2 is 1.70 bits per heavy atom. The monoisotopic (exact) mass is 682 g/mol. The summed E-state index contributed by atoms with van der Waals surface area (Å²) in [6, 6.07) is 9.07. The van der Waals surface area contributed by atoms with Crippen LogP contribution < -0.4 is 18.7 Å². The lowest BCUT2D eigenvalue weighted by molar-refractivity contribution is -0.0604. The van der Waals surface area contributed by atoms with Crippen molar-refractivity contribution in [2.45, 2.75) is 55.7 Å². The molecule has 0 radical (unpaired) electrons. The van der Waals surface area contributed by atoms with Gasteiger partial charge in [-0.1, -0.05) is 17.7 Å². The molecule has 0 aliphatic carbocycles. The van der Waals surface area contributed by atoms with Gasteiger partial charge in [0.1, 0.15) is 28.2 Å². The second-order valence-electron chi connectivity index (χ2n) is 12.2. The third-order valence-corrected chi connectivity index (χ3v) is 11.4. The van der Waals surface area contributed by atoms with Gasteiger partial charge in [0.25, 0.3) is 10.0 Å². The highest BCUT2D eigenvalue weighted by atomic mass is 35.5. The summed E-state index contributed by atoms with van der Waals surface area (Å²) in [6.07, 6.45) is 2.43. The third-order valence-electron chi connectivity index (χ3n) is 9.28. The van der Waals surface area contributed by atoms with Crippen LogP contribution in [0, 0.1) is 17.6 Å². The number of hydrogen-bond donors (Lipinski definition) is 0. The first-order chi connectivity index (χ1) is 21.7. The molecule has 2 fully saturated rings.